The van der Waals surface area contributed by atoms with Crippen molar-refractivity contribution in [2.45, 2.75) is 24.4 Å². The molecule has 0 aliphatic carbocycles. The van der Waals surface area contributed by atoms with Crippen LogP contribution in [-0.2, 0) is 12.3 Å². The van der Waals surface area contributed by atoms with Crippen LogP contribution in [0, 0.1) is 0 Å². The molecule has 21 heavy (non-hydrogen) atoms. The molecule has 0 aliphatic heterocycles. The highest BCUT2D eigenvalue weighted by molar-refractivity contribution is 7.98. The number of thioether (sulfide) groups is 1. The number of thiophene rings is 1. The summed E-state index contributed by atoms with van der Waals surface area (Å²) >= 11 is 3.48. The molecule has 0 saturated heterocycles. The number of fused-ring (bicyclic) bond motifs is 1. The van der Waals surface area contributed by atoms with Crippen molar-refractivity contribution in [3.8, 4) is 0 Å². The van der Waals surface area contributed by atoms with Gasteiger partial charge in [0.05, 0.1) is 6.54 Å². The van der Waals surface area contributed by atoms with Gasteiger partial charge in [-0.05, 0) is 39.4 Å². The third-order valence-corrected chi connectivity index (χ3v) is 5.19. The molecule has 7 heteroatoms. The van der Waals surface area contributed by atoms with E-state index >= 15 is 0 Å². The highest BCUT2D eigenvalue weighted by Crippen LogP contribution is 2.30. The minimum absolute atomic E-state index is 0.799. The van der Waals surface area contributed by atoms with Crippen molar-refractivity contribution in [3.05, 3.63) is 35.2 Å². The summed E-state index contributed by atoms with van der Waals surface area (Å²) in [7, 11) is 0. The lowest BCUT2D eigenvalue weighted by molar-refractivity contribution is 0.517. The zero-order valence-electron chi connectivity index (χ0n) is 11.8. The van der Waals surface area contributed by atoms with Crippen LogP contribution in [0.1, 0.15) is 12.5 Å². The van der Waals surface area contributed by atoms with Crippen LogP contribution < -0.4 is 5.32 Å². The fourth-order valence-electron chi connectivity index (χ4n) is 2.09. The number of benzene rings is 1. The average molecular weight is 319 g/mol. The van der Waals surface area contributed by atoms with E-state index in [0.717, 1.165) is 30.5 Å². The number of nitrogens with one attached hydrogen (secondary N) is 1. The molecule has 110 valence electrons. The molecule has 3 aromatic rings. The number of tetrazole rings is 1. The number of aromatic nitrogens is 4. The predicted octanol–water partition coefficient (Wildman–Crippen LogP) is 2.79. The van der Waals surface area contributed by atoms with E-state index in [0.29, 0.717) is 0 Å². The first kappa shape index (κ1) is 14.5. The van der Waals surface area contributed by atoms with Gasteiger partial charge in [0.1, 0.15) is 0 Å². The Morgan fingerprint density at radius 3 is 3.14 bits per heavy atom. The summed E-state index contributed by atoms with van der Waals surface area (Å²) in [5.74, 6) is 0.894. The standard InChI is InChI=1S/C14H17N5S2/c1-2-15-7-8-19-14(16-17-18-19)21-10-11-9-20-13-6-4-3-5-12(11)13/h3-6,9,15H,2,7-8,10H2,1H3. The van der Waals surface area contributed by atoms with Crippen molar-refractivity contribution in [3.63, 3.8) is 0 Å². The minimum Gasteiger partial charge on any atom is -0.315 e. The molecule has 0 unspecified atom stereocenters. The molecule has 2 heterocycles. The van der Waals surface area contributed by atoms with Gasteiger partial charge in [-0.15, -0.1) is 16.4 Å². The van der Waals surface area contributed by atoms with Crippen molar-refractivity contribution >= 4 is 33.2 Å². The van der Waals surface area contributed by atoms with E-state index in [9.17, 15) is 0 Å². The Bertz CT molecular complexity index is 706. The van der Waals surface area contributed by atoms with Crippen LogP contribution in [0.5, 0.6) is 0 Å². The number of rotatable bonds is 7. The van der Waals surface area contributed by atoms with Gasteiger partial charge in [0.15, 0.2) is 0 Å². The SMILES string of the molecule is CCNCCn1nnnc1SCc1csc2ccccc12. The second-order valence-corrected chi connectivity index (χ2v) is 6.44. The molecule has 0 radical (unpaired) electrons. The molecule has 0 spiro atoms. The highest BCUT2D eigenvalue weighted by Gasteiger charge is 2.09. The Labute approximate surface area is 131 Å². The molecule has 0 aliphatic rings. The van der Waals surface area contributed by atoms with Crippen molar-refractivity contribution in [2.24, 2.45) is 0 Å². The number of nitrogens with zero attached hydrogens (tertiary/aromatic N) is 4. The van der Waals surface area contributed by atoms with Crippen LogP contribution >= 0.6 is 23.1 Å². The lowest BCUT2D eigenvalue weighted by atomic mass is 10.2. The summed E-state index contributed by atoms with van der Waals surface area (Å²) in [5, 5.41) is 19.7. The quantitative estimate of drug-likeness (QED) is 0.536. The second-order valence-electron chi connectivity index (χ2n) is 4.58. The lowest BCUT2D eigenvalue weighted by Gasteiger charge is -2.04. The molecule has 2 aromatic heterocycles. The van der Waals surface area contributed by atoms with Crippen LogP contribution in [0.25, 0.3) is 10.1 Å². The van der Waals surface area contributed by atoms with Gasteiger partial charge >= 0.3 is 0 Å². The predicted molar refractivity (Wildman–Crippen MR) is 87.7 cm³/mol. The molecule has 3 rings (SSSR count). The van der Waals surface area contributed by atoms with E-state index in [1.807, 2.05) is 4.68 Å². The zero-order chi connectivity index (χ0) is 14.5. The van der Waals surface area contributed by atoms with Crippen LogP contribution in [0.3, 0.4) is 0 Å². The molecule has 5 nitrogen and oxygen atoms in total. The summed E-state index contributed by atoms with van der Waals surface area (Å²) in [5.41, 5.74) is 1.35. The first-order valence-corrected chi connectivity index (χ1v) is 8.80. The summed E-state index contributed by atoms with van der Waals surface area (Å²) in [6.45, 7) is 4.74. The normalized spacial score (nSPS) is 11.3. The van der Waals surface area contributed by atoms with Crippen molar-refractivity contribution in [1.29, 1.82) is 0 Å². The second kappa shape index (κ2) is 7.02. The molecule has 0 bridgehead atoms. The first-order valence-electron chi connectivity index (χ1n) is 6.93. The minimum atomic E-state index is 0.799. The molecular weight excluding hydrogens is 302 g/mol. The third kappa shape index (κ3) is 3.42. The highest BCUT2D eigenvalue weighted by atomic mass is 32.2. The van der Waals surface area contributed by atoms with Crippen molar-refractivity contribution in [1.82, 2.24) is 25.5 Å². The van der Waals surface area contributed by atoms with E-state index in [2.05, 4.69) is 57.4 Å². The van der Waals surface area contributed by atoms with Crippen LogP contribution in [0.15, 0.2) is 34.8 Å². The molecule has 0 fully saturated rings. The number of hydrogen-bond acceptors (Lipinski definition) is 6. The topological polar surface area (TPSA) is 55.6 Å². The summed E-state index contributed by atoms with van der Waals surface area (Å²) < 4.78 is 3.20. The van der Waals surface area contributed by atoms with Gasteiger partial charge in [-0.2, -0.15) is 0 Å². The van der Waals surface area contributed by atoms with E-state index in [1.165, 1.54) is 15.6 Å². The van der Waals surface area contributed by atoms with Crippen LogP contribution in [-0.4, -0.2) is 33.3 Å². The Kier molecular flexibility index (Phi) is 4.84. The Hall–Kier alpha value is -1.44. The lowest BCUT2D eigenvalue weighted by Crippen LogP contribution is -2.20. The molecule has 1 N–H and O–H groups in total. The maximum absolute atomic E-state index is 4.11. The van der Waals surface area contributed by atoms with Crippen molar-refractivity contribution in [2.75, 3.05) is 13.1 Å². The maximum Gasteiger partial charge on any atom is 0.209 e. The maximum atomic E-state index is 4.11. The van der Waals surface area contributed by atoms with Gasteiger partial charge < -0.3 is 5.32 Å². The van der Waals surface area contributed by atoms with Crippen molar-refractivity contribution < 1.29 is 0 Å². The number of likely N-dealkylation sites (N-methyl/N-ethyl adjacent to an activating group) is 1. The van der Waals surface area contributed by atoms with Gasteiger partial charge in [-0.1, -0.05) is 36.9 Å². The first-order chi connectivity index (χ1) is 10.4. The largest absolute Gasteiger partial charge is 0.315 e. The fourth-order valence-corrected chi connectivity index (χ4v) is 4.05. The monoisotopic (exact) mass is 319 g/mol. The molecule has 1 aromatic carbocycles. The van der Waals surface area contributed by atoms with Gasteiger partial charge in [-0.3, -0.25) is 0 Å². The zero-order valence-corrected chi connectivity index (χ0v) is 13.5. The summed E-state index contributed by atoms with van der Waals surface area (Å²) in [4.78, 5) is 0. The molecule has 0 saturated carbocycles. The van der Waals surface area contributed by atoms with Gasteiger partial charge in [-0.25, -0.2) is 4.68 Å². The van der Waals surface area contributed by atoms with Gasteiger partial charge in [0, 0.05) is 17.0 Å². The molecule has 0 atom stereocenters. The smallest absolute Gasteiger partial charge is 0.209 e. The van der Waals surface area contributed by atoms with Gasteiger partial charge in [0.2, 0.25) is 5.16 Å². The average Bonchev–Trinajstić information content (AvgIpc) is 3.12. The third-order valence-electron chi connectivity index (χ3n) is 3.17. The molecule has 0 amide bonds. The number of hydrogen-bond donors (Lipinski definition) is 1. The van der Waals surface area contributed by atoms with Crippen LogP contribution in [0.2, 0.25) is 0 Å². The van der Waals surface area contributed by atoms with Gasteiger partial charge in [0.25, 0.3) is 0 Å². The Balaban J connectivity index is 1.66. The van der Waals surface area contributed by atoms with E-state index < -0.39 is 0 Å². The fraction of sp³-hybridized carbons (Fsp3) is 0.357. The Morgan fingerprint density at radius 2 is 2.24 bits per heavy atom. The van der Waals surface area contributed by atoms with E-state index in [4.69, 9.17) is 0 Å². The summed E-state index contributed by atoms with van der Waals surface area (Å²) in [6, 6.07) is 8.51. The van der Waals surface area contributed by atoms with E-state index in [1.54, 1.807) is 23.1 Å². The Morgan fingerprint density at radius 1 is 1.33 bits per heavy atom. The summed E-state index contributed by atoms with van der Waals surface area (Å²) in [6.07, 6.45) is 0. The van der Waals surface area contributed by atoms with Crippen LogP contribution in [0.4, 0.5) is 0 Å². The van der Waals surface area contributed by atoms with E-state index in [-0.39, 0.29) is 0 Å². The molecular formula is C14H17N5S2.